The first kappa shape index (κ1) is 18.4. The third kappa shape index (κ3) is 3.57. The van der Waals surface area contributed by atoms with E-state index in [1.54, 1.807) is 10.6 Å². The molecule has 0 spiro atoms. The number of nitrogens with zero attached hydrogens (tertiary/aromatic N) is 2. The molecule has 0 radical (unpaired) electrons. The smallest absolute Gasteiger partial charge is 0.269 e. The van der Waals surface area contributed by atoms with E-state index in [0.717, 1.165) is 31.7 Å². The molecule has 27 heavy (non-hydrogen) atoms. The Morgan fingerprint density at radius 1 is 1.04 bits per heavy atom. The minimum absolute atomic E-state index is 0.242. The zero-order chi connectivity index (χ0) is 19.1. The van der Waals surface area contributed by atoms with Crippen LogP contribution in [0.3, 0.4) is 0 Å². The largest absolute Gasteiger partial charge is 0.312 e. The van der Waals surface area contributed by atoms with Crippen molar-refractivity contribution in [1.82, 2.24) is 9.47 Å². The summed E-state index contributed by atoms with van der Waals surface area (Å²) < 4.78 is 27.7. The quantitative estimate of drug-likeness (QED) is 0.788. The predicted molar refractivity (Wildman–Crippen MR) is 102 cm³/mol. The molecule has 1 aromatic heterocycles. The van der Waals surface area contributed by atoms with Crippen LogP contribution in [0.4, 0.5) is 8.78 Å². The first-order chi connectivity index (χ1) is 12.9. The molecule has 2 aromatic rings. The highest BCUT2D eigenvalue weighted by atomic mass is 19.3. The summed E-state index contributed by atoms with van der Waals surface area (Å²) in [6, 6.07) is 11.9. The normalized spacial score (nSPS) is 22.3. The van der Waals surface area contributed by atoms with Gasteiger partial charge in [-0.2, -0.15) is 0 Å². The minimum atomic E-state index is -2.71. The lowest BCUT2D eigenvalue weighted by Gasteiger charge is -2.43. The van der Waals surface area contributed by atoms with E-state index in [0.29, 0.717) is 18.4 Å². The van der Waals surface area contributed by atoms with Crippen LogP contribution < -0.4 is 5.56 Å². The fourth-order valence-corrected chi connectivity index (χ4v) is 4.62. The summed E-state index contributed by atoms with van der Waals surface area (Å²) >= 11 is 0. The fraction of sp³-hybridized carbons (Fsp3) is 0.500. The molecular formula is C22H26F2N2O. The van der Waals surface area contributed by atoms with Crippen LogP contribution in [-0.4, -0.2) is 22.6 Å². The molecule has 0 aliphatic carbocycles. The van der Waals surface area contributed by atoms with Crippen molar-refractivity contribution in [1.29, 1.82) is 0 Å². The van der Waals surface area contributed by atoms with Gasteiger partial charge >= 0.3 is 0 Å². The number of rotatable bonds is 4. The molecule has 0 amide bonds. The van der Waals surface area contributed by atoms with Crippen molar-refractivity contribution in [2.24, 2.45) is 5.92 Å². The number of aromatic nitrogens is 1. The van der Waals surface area contributed by atoms with Gasteiger partial charge in [0, 0.05) is 37.8 Å². The molecule has 1 saturated heterocycles. The number of hydrogen-bond donors (Lipinski definition) is 0. The van der Waals surface area contributed by atoms with Gasteiger partial charge in [0.1, 0.15) is 0 Å². The molecule has 0 N–H and O–H groups in total. The van der Waals surface area contributed by atoms with E-state index in [9.17, 15) is 13.6 Å². The molecule has 144 valence electrons. The van der Waals surface area contributed by atoms with Crippen molar-refractivity contribution >= 4 is 0 Å². The first-order valence-corrected chi connectivity index (χ1v) is 9.75. The Balaban J connectivity index is 1.53. The second-order valence-corrected chi connectivity index (χ2v) is 8.32. The lowest BCUT2D eigenvalue weighted by Crippen LogP contribution is -2.47. The summed E-state index contributed by atoms with van der Waals surface area (Å²) in [6.45, 7) is 7.61. The summed E-state index contributed by atoms with van der Waals surface area (Å²) in [7, 11) is 0. The Hall–Kier alpha value is -2.01. The van der Waals surface area contributed by atoms with Gasteiger partial charge in [-0.1, -0.05) is 38.1 Å². The topological polar surface area (TPSA) is 25.2 Å². The Morgan fingerprint density at radius 3 is 2.44 bits per heavy atom. The van der Waals surface area contributed by atoms with Crippen molar-refractivity contribution in [3.63, 3.8) is 0 Å². The second-order valence-electron chi connectivity index (χ2n) is 8.32. The maximum atomic E-state index is 13.0. The second kappa shape index (κ2) is 7.19. The summed E-state index contributed by atoms with van der Waals surface area (Å²) in [5.74, 6) is 1.12. The van der Waals surface area contributed by atoms with Crippen LogP contribution in [0, 0.1) is 5.92 Å². The Kier molecular flexibility index (Phi) is 4.89. The molecule has 2 bridgehead atoms. The van der Waals surface area contributed by atoms with Gasteiger partial charge in [0.25, 0.3) is 12.0 Å². The highest BCUT2D eigenvalue weighted by Crippen LogP contribution is 2.36. The summed E-state index contributed by atoms with van der Waals surface area (Å²) in [6.07, 6.45) is -1.67. The summed E-state index contributed by atoms with van der Waals surface area (Å²) in [5.41, 5.74) is 2.68. The van der Waals surface area contributed by atoms with Crippen LogP contribution >= 0.6 is 0 Å². The van der Waals surface area contributed by atoms with Crippen molar-refractivity contribution in [3.05, 3.63) is 69.1 Å². The standard InChI is InChI=1S/C22H26F2N2O/c1-14(2)17-5-3-15(4-6-17)10-25-11-16-9-18(13-25)20-8-7-19(21(23)24)22(27)26(20)12-16/h3-8,14,16,18,21H,9-13H2,1-2H3/t16-,18-/m1/s1. The van der Waals surface area contributed by atoms with Gasteiger partial charge in [0.2, 0.25) is 0 Å². The highest BCUT2D eigenvalue weighted by molar-refractivity contribution is 5.26. The van der Waals surface area contributed by atoms with E-state index in [1.807, 2.05) is 0 Å². The number of hydrogen-bond acceptors (Lipinski definition) is 2. The lowest BCUT2D eigenvalue weighted by atomic mass is 9.82. The Morgan fingerprint density at radius 2 is 1.78 bits per heavy atom. The number of halogens is 2. The number of benzene rings is 1. The van der Waals surface area contributed by atoms with Gasteiger partial charge in [-0.25, -0.2) is 8.78 Å². The number of piperidine rings is 1. The van der Waals surface area contributed by atoms with Gasteiger partial charge in [-0.05, 0) is 41.5 Å². The average Bonchev–Trinajstić information content (AvgIpc) is 2.62. The van der Waals surface area contributed by atoms with Crippen LogP contribution in [0.1, 0.15) is 60.9 Å². The maximum Gasteiger partial charge on any atom is 0.269 e. The number of alkyl halides is 2. The monoisotopic (exact) mass is 372 g/mol. The molecule has 0 saturated carbocycles. The number of pyridine rings is 1. The molecule has 4 rings (SSSR count). The molecule has 0 unspecified atom stereocenters. The van der Waals surface area contributed by atoms with E-state index < -0.39 is 12.0 Å². The van der Waals surface area contributed by atoms with Crippen molar-refractivity contribution in [2.75, 3.05) is 13.1 Å². The fourth-order valence-electron chi connectivity index (χ4n) is 4.62. The van der Waals surface area contributed by atoms with Crippen LogP contribution in [0.15, 0.2) is 41.2 Å². The van der Waals surface area contributed by atoms with Crippen LogP contribution in [0.25, 0.3) is 0 Å². The molecule has 1 fully saturated rings. The molecule has 3 nitrogen and oxygen atoms in total. The zero-order valence-corrected chi connectivity index (χ0v) is 15.9. The maximum absolute atomic E-state index is 13.0. The summed E-state index contributed by atoms with van der Waals surface area (Å²) in [4.78, 5) is 14.9. The lowest BCUT2D eigenvalue weighted by molar-refractivity contribution is 0.111. The SMILES string of the molecule is CC(C)c1ccc(CN2C[C@H]3C[C@H](C2)c2ccc(C(F)F)c(=O)n2C3)cc1. The van der Waals surface area contributed by atoms with Gasteiger partial charge in [0.15, 0.2) is 0 Å². The number of likely N-dealkylation sites (tertiary alicyclic amines) is 1. The molecule has 2 aliphatic heterocycles. The molecule has 2 aliphatic rings. The van der Waals surface area contributed by atoms with Gasteiger partial charge in [-0.3, -0.25) is 9.69 Å². The zero-order valence-electron chi connectivity index (χ0n) is 15.9. The summed E-state index contributed by atoms with van der Waals surface area (Å²) in [5, 5.41) is 0. The third-order valence-corrected chi connectivity index (χ3v) is 6.00. The van der Waals surface area contributed by atoms with Gasteiger partial charge < -0.3 is 4.57 Å². The molecular weight excluding hydrogens is 346 g/mol. The van der Waals surface area contributed by atoms with Gasteiger partial charge in [0.05, 0.1) is 5.56 Å². The molecule has 2 atom stereocenters. The van der Waals surface area contributed by atoms with Crippen molar-refractivity contribution in [2.45, 2.75) is 51.6 Å². The van der Waals surface area contributed by atoms with Crippen molar-refractivity contribution < 1.29 is 8.78 Å². The first-order valence-electron chi connectivity index (χ1n) is 9.75. The van der Waals surface area contributed by atoms with E-state index in [-0.39, 0.29) is 11.5 Å². The van der Waals surface area contributed by atoms with E-state index in [4.69, 9.17) is 0 Å². The highest BCUT2D eigenvalue weighted by Gasteiger charge is 2.35. The van der Waals surface area contributed by atoms with E-state index >= 15 is 0 Å². The molecule has 1 aromatic carbocycles. The van der Waals surface area contributed by atoms with Crippen LogP contribution in [0.5, 0.6) is 0 Å². The van der Waals surface area contributed by atoms with Crippen LogP contribution in [0.2, 0.25) is 0 Å². The molecule has 3 heterocycles. The van der Waals surface area contributed by atoms with E-state index in [1.165, 1.54) is 17.2 Å². The minimum Gasteiger partial charge on any atom is -0.312 e. The average molecular weight is 372 g/mol. The number of fused-ring (bicyclic) bond motifs is 4. The van der Waals surface area contributed by atoms with Crippen molar-refractivity contribution in [3.8, 4) is 0 Å². The van der Waals surface area contributed by atoms with Crippen LogP contribution in [-0.2, 0) is 13.1 Å². The predicted octanol–water partition coefficient (Wildman–Crippen LogP) is 4.53. The Labute approximate surface area is 158 Å². The molecule has 5 heteroatoms. The van der Waals surface area contributed by atoms with Gasteiger partial charge in [-0.15, -0.1) is 0 Å². The Bertz CT molecular complexity index is 873. The van der Waals surface area contributed by atoms with E-state index in [2.05, 4.69) is 43.0 Å². The third-order valence-electron chi connectivity index (χ3n) is 6.00.